The lowest BCUT2D eigenvalue weighted by Gasteiger charge is -2.31. The smallest absolute Gasteiger partial charge is 0.122 e. The van der Waals surface area contributed by atoms with E-state index in [-0.39, 0.29) is 0 Å². The van der Waals surface area contributed by atoms with Gasteiger partial charge in [0.1, 0.15) is 5.82 Å². The van der Waals surface area contributed by atoms with E-state index in [9.17, 15) is 0 Å². The van der Waals surface area contributed by atoms with Crippen LogP contribution in [0, 0.1) is 5.92 Å². The zero-order valence-corrected chi connectivity index (χ0v) is 14.2. The minimum atomic E-state index is 0.641. The molecule has 124 valence electrons. The zero-order chi connectivity index (χ0) is 15.5. The molecule has 0 aromatic carbocycles. The first-order valence-electron chi connectivity index (χ1n) is 8.40. The lowest BCUT2D eigenvalue weighted by Crippen LogP contribution is -2.42. The number of morpholine rings is 1. The average Bonchev–Trinajstić information content (AvgIpc) is 3.18. The third-order valence-electron chi connectivity index (χ3n) is 4.74. The molecule has 1 fully saturated rings. The number of hydrogen-bond acceptors (Lipinski definition) is 5. The van der Waals surface area contributed by atoms with Crippen LogP contribution >= 0.6 is 11.3 Å². The first-order valence-corrected chi connectivity index (χ1v) is 9.34. The van der Waals surface area contributed by atoms with Gasteiger partial charge in [-0.05, 0) is 22.4 Å². The van der Waals surface area contributed by atoms with Crippen LogP contribution in [0.25, 0.3) is 0 Å². The third-order valence-corrected chi connectivity index (χ3v) is 5.48. The molecular weight excluding hydrogens is 308 g/mol. The Bertz CT molecular complexity index is 606. The molecule has 23 heavy (non-hydrogen) atoms. The summed E-state index contributed by atoms with van der Waals surface area (Å²) in [6, 6.07) is 2.24. The third kappa shape index (κ3) is 3.83. The summed E-state index contributed by atoms with van der Waals surface area (Å²) in [6.45, 7) is 9.22. The van der Waals surface area contributed by atoms with Crippen molar-refractivity contribution < 1.29 is 4.74 Å². The van der Waals surface area contributed by atoms with Gasteiger partial charge in [0.15, 0.2) is 0 Å². The van der Waals surface area contributed by atoms with Gasteiger partial charge in [-0.3, -0.25) is 9.80 Å². The van der Waals surface area contributed by atoms with Crippen LogP contribution in [0.15, 0.2) is 29.2 Å². The second-order valence-electron chi connectivity index (χ2n) is 6.58. The maximum absolute atomic E-state index is 5.48. The second kappa shape index (κ2) is 7.13. The molecule has 1 saturated heterocycles. The van der Waals surface area contributed by atoms with E-state index < -0.39 is 0 Å². The molecule has 0 N–H and O–H groups in total. The fraction of sp³-hybridized carbons (Fsp3) is 0.588. The number of aromatic nitrogens is 2. The Hall–Kier alpha value is -1.21. The quantitative estimate of drug-likeness (QED) is 0.856. The van der Waals surface area contributed by atoms with Crippen LogP contribution in [0.2, 0.25) is 0 Å². The number of thiophene rings is 1. The molecule has 4 rings (SSSR count). The summed E-state index contributed by atoms with van der Waals surface area (Å²) in [5.41, 5.74) is 1.42. The van der Waals surface area contributed by atoms with Crippen molar-refractivity contribution in [1.29, 1.82) is 0 Å². The Morgan fingerprint density at radius 1 is 1.22 bits per heavy atom. The van der Waals surface area contributed by atoms with E-state index in [2.05, 4.69) is 42.4 Å². The molecule has 0 aliphatic carbocycles. The van der Waals surface area contributed by atoms with E-state index >= 15 is 0 Å². The van der Waals surface area contributed by atoms with Gasteiger partial charge in [-0.2, -0.15) is 11.3 Å². The highest BCUT2D eigenvalue weighted by molar-refractivity contribution is 7.07. The number of nitrogens with zero attached hydrogens (tertiary/aromatic N) is 4. The first-order chi connectivity index (χ1) is 11.4. The van der Waals surface area contributed by atoms with Crippen LogP contribution in [0.4, 0.5) is 0 Å². The van der Waals surface area contributed by atoms with Crippen molar-refractivity contribution in [1.82, 2.24) is 19.4 Å². The highest BCUT2D eigenvalue weighted by Crippen LogP contribution is 2.20. The predicted octanol–water partition coefficient (Wildman–Crippen LogP) is 1.91. The molecule has 1 atom stereocenters. The molecule has 4 heterocycles. The molecule has 0 spiro atoms. The summed E-state index contributed by atoms with van der Waals surface area (Å²) in [5.74, 6) is 1.84. The van der Waals surface area contributed by atoms with Crippen molar-refractivity contribution in [2.24, 2.45) is 5.92 Å². The normalized spacial score (nSPS) is 23.6. The summed E-state index contributed by atoms with van der Waals surface area (Å²) in [6.07, 6.45) is 4.07. The molecule has 2 aliphatic rings. The molecule has 2 aromatic heterocycles. The number of hydrogen-bond donors (Lipinski definition) is 0. The Kier molecular flexibility index (Phi) is 4.75. The Morgan fingerprint density at radius 2 is 2.13 bits per heavy atom. The van der Waals surface area contributed by atoms with Crippen LogP contribution in [-0.2, 0) is 24.4 Å². The molecule has 6 heteroatoms. The summed E-state index contributed by atoms with van der Waals surface area (Å²) in [4.78, 5) is 9.68. The van der Waals surface area contributed by atoms with Crippen LogP contribution in [-0.4, -0.2) is 58.7 Å². The highest BCUT2D eigenvalue weighted by atomic mass is 32.1. The van der Waals surface area contributed by atoms with Gasteiger partial charge in [-0.15, -0.1) is 0 Å². The van der Waals surface area contributed by atoms with Crippen molar-refractivity contribution >= 4 is 11.3 Å². The van der Waals surface area contributed by atoms with Crippen LogP contribution in [0.1, 0.15) is 11.4 Å². The predicted molar refractivity (Wildman–Crippen MR) is 91.4 cm³/mol. The lowest BCUT2D eigenvalue weighted by atomic mass is 10.1. The Balaban J connectivity index is 1.47. The topological polar surface area (TPSA) is 33.5 Å². The number of ether oxygens (including phenoxy) is 1. The van der Waals surface area contributed by atoms with Gasteiger partial charge in [-0.25, -0.2) is 4.98 Å². The zero-order valence-electron chi connectivity index (χ0n) is 13.4. The van der Waals surface area contributed by atoms with Crippen molar-refractivity contribution in [3.63, 3.8) is 0 Å². The van der Waals surface area contributed by atoms with Gasteiger partial charge in [-0.1, -0.05) is 0 Å². The Morgan fingerprint density at radius 3 is 2.96 bits per heavy atom. The fourth-order valence-electron chi connectivity index (χ4n) is 3.65. The monoisotopic (exact) mass is 332 g/mol. The maximum Gasteiger partial charge on any atom is 0.122 e. The van der Waals surface area contributed by atoms with E-state index in [1.54, 1.807) is 11.3 Å². The summed E-state index contributed by atoms with van der Waals surface area (Å²) in [5, 5.41) is 4.42. The number of fused-ring (bicyclic) bond motifs is 1. The maximum atomic E-state index is 5.48. The van der Waals surface area contributed by atoms with Gasteiger partial charge < -0.3 is 9.30 Å². The van der Waals surface area contributed by atoms with Crippen molar-refractivity contribution in [2.45, 2.75) is 19.6 Å². The molecule has 0 amide bonds. The first kappa shape index (κ1) is 15.3. The van der Waals surface area contributed by atoms with Crippen molar-refractivity contribution in [3.05, 3.63) is 40.6 Å². The molecule has 0 bridgehead atoms. The minimum absolute atomic E-state index is 0.641. The standard InChI is InChI=1S/C17H24N4OS/c1-8-23-14-15(1)9-20-11-16(10-19-4-6-22-7-5-19)12-21-3-2-18-17(21)13-20/h1-3,8,14,16H,4-7,9-13H2/t16-/m1/s1. The highest BCUT2D eigenvalue weighted by Gasteiger charge is 2.25. The van der Waals surface area contributed by atoms with E-state index in [0.29, 0.717) is 5.92 Å². The van der Waals surface area contributed by atoms with E-state index in [1.807, 2.05) is 6.20 Å². The van der Waals surface area contributed by atoms with Crippen LogP contribution in [0.3, 0.4) is 0 Å². The van der Waals surface area contributed by atoms with E-state index in [4.69, 9.17) is 4.74 Å². The summed E-state index contributed by atoms with van der Waals surface area (Å²) >= 11 is 1.78. The lowest BCUT2D eigenvalue weighted by molar-refractivity contribution is 0.0265. The average molecular weight is 332 g/mol. The van der Waals surface area contributed by atoms with Gasteiger partial charge in [0.25, 0.3) is 0 Å². The fourth-order valence-corrected chi connectivity index (χ4v) is 4.31. The Labute approximate surface area is 141 Å². The summed E-state index contributed by atoms with van der Waals surface area (Å²) < 4.78 is 7.83. The largest absolute Gasteiger partial charge is 0.379 e. The van der Waals surface area contributed by atoms with Gasteiger partial charge >= 0.3 is 0 Å². The van der Waals surface area contributed by atoms with Crippen molar-refractivity contribution in [3.8, 4) is 0 Å². The minimum Gasteiger partial charge on any atom is -0.379 e. The van der Waals surface area contributed by atoms with E-state index in [1.165, 1.54) is 11.4 Å². The molecular formula is C17H24N4OS. The second-order valence-corrected chi connectivity index (χ2v) is 7.36. The molecule has 0 radical (unpaired) electrons. The van der Waals surface area contributed by atoms with Crippen LogP contribution in [0.5, 0.6) is 0 Å². The van der Waals surface area contributed by atoms with Crippen LogP contribution < -0.4 is 0 Å². The number of imidazole rings is 1. The van der Waals surface area contributed by atoms with Crippen molar-refractivity contribution in [2.75, 3.05) is 39.4 Å². The molecule has 0 unspecified atom stereocenters. The molecule has 5 nitrogen and oxygen atoms in total. The molecule has 0 saturated carbocycles. The SMILES string of the molecule is c1cn2c(n1)CN(Cc1ccsc1)C[C@@H](CN1CCOCC1)C2. The summed E-state index contributed by atoms with van der Waals surface area (Å²) in [7, 11) is 0. The number of rotatable bonds is 4. The van der Waals surface area contributed by atoms with E-state index in [0.717, 1.165) is 59.0 Å². The molecule has 2 aliphatic heterocycles. The van der Waals surface area contributed by atoms with Gasteiger partial charge in [0.05, 0.1) is 19.8 Å². The molecule has 2 aromatic rings. The van der Waals surface area contributed by atoms with Gasteiger partial charge in [0.2, 0.25) is 0 Å². The van der Waals surface area contributed by atoms with Gasteiger partial charge in [0, 0.05) is 57.6 Å².